The van der Waals surface area contributed by atoms with E-state index in [0.29, 0.717) is 6.61 Å². The molecule has 2 rings (SSSR count). The van der Waals surface area contributed by atoms with Gasteiger partial charge in [-0.05, 0) is 23.9 Å². The lowest BCUT2D eigenvalue weighted by Crippen LogP contribution is -2.01. The van der Waals surface area contributed by atoms with Gasteiger partial charge in [-0.2, -0.15) is 22.2 Å². The van der Waals surface area contributed by atoms with Crippen molar-refractivity contribution in [1.29, 1.82) is 0 Å². The zero-order valence-electron chi connectivity index (χ0n) is 9.40. The Hall–Kier alpha value is -0.703. The molecule has 0 atom stereocenters. The number of benzene rings is 2. The molecule has 0 aliphatic rings. The average Bonchev–Trinajstić information content (AvgIpc) is 2.34. The Kier molecular flexibility index (Phi) is 4.72. The van der Waals surface area contributed by atoms with Crippen LogP contribution in [-0.2, 0) is 0 Å². The van der Waals surface area contributed by atoms with Gasteiger partial charge in [-0.15, -0.1) is 0 Å². The number of hydrogen-bond acceptors (Lipinski definition) is 1. The van der Waals surface area contributed by atoms with Crippen molar-refractivity contribution in [3.8, 4) is 5.75 Å². The third-order valence-electron chi connectivity index (χ3n) is 2.57. The van der Waals surface area contributed by atoms with Crippen LogP contribution in [0.1, 0.15) is 6.42 Å². The van der Waals surface area contributed by atoms with Crippen molar-refractivity contribution in [1.82, 2.24) is 0 Å². The fraction of sp³-hybridized carbons (Fsp3) is 0.231. The first kappa shape index (κ1) is 12.7. The minimum absolute atomic E-state index is 0.678. The molecule has 0 aromatic heterocycles. The van der Waals surface area contributed by atoms with Crippen LogP contribution in [-0.4, -0.2) is 14.0 Å². The third-order valence-corrected chi connectivity index (χ3v) is 4.73. The molecule has 4 heteroatoms. The number of ether oxygens (including phenoxy) is 1. The maximum Gasteiger partial charge on any atom is 0.237 e. The van der Waals surface area contributed by atoms with E-state index in [2.05, 4.69) is 18.2 Å². The van der Waals surface area contributed by atoms with Crippen LogP contribution < -0.4 is 4.74 Å². The van der Waals surface area contributed by atoms with Crippen LogP contribution in [0.5, 0.6) is 5.75 Å². The number of rotatable bonds is 5. The molecule has 0 unspecified atom stereocenters. The molecule has 0 saturated carbocycles. The maximum atomic E-state index is 5.80. The number of hydrogen-bond donors (Lipinski definition) is 0. The molecule has 1 nitrogen and oxygen atoms in total. The Morgan fingerprint density at radius 3 is 2.59 bits per heavy atom. The second kappa shape index (κ2) is 6.29. The van der Waals surface area contributed by atoms with Gasteiger partial charge < -0.3 is 4.74 Å². The van der Waals surface area contributed by atoms with Gasteiger partial charge in [0.25, 0.3) is 0 Å². The van der Waals surface area contributed by atoms with Crippen molar-refractivity contribution >= 4 is 40.3 Å². The normalized spacial score (nSPS) is 11.0. The third kappa shape index (κ3) is 3.63. The molecule has 0 saturated heterocycles. The highest BCUT2D eigenvalue weighted by Gasteiger charge is 2.03. The Morgan fingerprint density at radius 2 is 1.76 bits per heavy atom. The molecule has 0 spiro atoms. The Labute approximate surface area is 112 Å². The first-order valence-corrected chi connectivity index (χ1v) is 9.97. The molecule has 90 valence electrons. The first-order chi connectivity index (χ1) is 8.27. The highest BCUT2D eigenvalue weighted by molar-refractivity contribution is 7.33. The van der Waals surface area contributed by atoms with Crippen molar-refractivity contribution in [2.24, 2.45) is 0 Å². The molecule has 0 N–H and O–H groups in total. The van der Waals surface area contributed by atoms with Crippen molar-refractivity contribution in [3.05, 3.63) is 42.5 Å². The fourth-order valence-electron chi connectivity index (χ4n) is 1.74. The molecule has 2 aromatic carbocycles. The smallest absolute Gasteiger partial charge is 0.237 e. The van der Waals surface area contributed by atoms with Crippen molar-refractivity contribution < 1.29 is 4.74 Å². The second-order valence-corrected chi connectivity index (χ2v) is 9.05. The maximum absolute atomic E-state index is 5.80. The molecule has 0 bridgehead atoms. The Bertz CT molecular complexity index is 482. The van der Waals surface area contributed by atoms with Crippen LogP contribution in [0.25, 0.3) is 10.8 Å². The van der Waals surface area contributed by atoms with Crippen LogP contribution in [0, 0.1) is 0 Å². The van der Waals surface area contributed by atoms with Crippen LogP contribution in [0.2, 0.25) is 6.04 Å². The molecular formula is C13H14Cl2OSi. The lowest BCUT2D eigenvalue weighted by molar-refractivity contribution is 0.321. The van der Waals surface area contributed by atoms with Crippen LogP contribution in [0.3, 0.4) is 0 Å². The van der Waals surface area contributed by atoms with Crippen LogP contribution in [0.15, 0.2) is 42.5 Å². The van der Waals surface area contributed by atoms with Gasteiger partial charge in [0.15, 0.2) is 0 Å². The van der Waals surface area contributed by atoms with Gasteiger partial charge in [0.1, 0.15) is 5.75 Å². The lowest BCUT2D eigenvalue weighted by atomic mass is 10.1. The largest absolute Gasteiger partial charge is 0.493 e. The van der Waals surface area contributed by atoms with E-state index in [9.17, 15) is 0 Å². The van der Waals surface area contributed by atoms with E-state index in [4.69, 9.17) is 26.9 Å². The lowest BCUT2D eigenvalue weighted by Gasteiger charge is -2.09. The molecule has 0 heterocycles. The van der Waals surface area contributed by atoms with E-state index in [-0.39, 0.29) is 0 Å². The summed E-state index contributed by atoms with van der Waals surface area (Å²) in [5.74, 6) is 0.936. The monoisotopic (exact) mass is 284 g/mol. The summed E-state index contributed by atoms with van der Waals surface area (Å²) < 4.78 is 5.77. The quantitative estimate of drug-likeness (QED) is 0.452. The van der Waals surface area contributed by atoms with Crippen LogP contribution >= 0.6 is 22.2 Å². The Balaban J connectivity index is 2.03. The predicted octanol–water partition coefficient (Wildman–Crippen LogP) is 4.31. The van der Waals surface area contributed by atoms with E-state index >= 15 is 0 Å². The van der Waals surface area contributed by atoms with Crippen LogP contribution in [0.4, 0.5) is 0 Å². The van der Waals surface area contributed by atoms with Gasteiger partial charge in [0, 0.05) is 5.39 Å². The number of fused-ring (bicyclic) bond motifs is 1. The van der Waals surface area contributed by atoms with Gasteiger partial charge in [0.05, 0.1) is 6.61 Å². The van der Waals surface area contributed by atoms with E-state index in [1.54, 1.807) is 0 Å². The summed E-state index contributed by atoms with van der Waals surface area (Å²) in [5.41, 5.74) is 0. The Morgan fingerprint density at radius 1 is 1.00 bits per heavy atom. The summed E-state index contributed by atoms with van der Waals surface area (Å²) in [6.45, 7) is 0.678. The summed E-state index contributed by atoms with van der Waals surface area (Å²) in [6.07, 6.45) is 0.924. The minimum atomic E-state index is -1.48. The fourth-order valence-corrected chi connectivity index (χ4v) is 3.14. The minimum Gasteiger partial charge on any atom is -0.493 e. The SMILES string of the molecule is Cl[SiH](Cl)CCCOc1cccc2ccccc12. The van der Waals surface area contributed by atoms with Crippen molar-refractivity contribution in [2.45, 2.75) is 12.5 Å². The van der Waals surface area contributed by atoms with Gasteiger partial charge in [-0.1, -0.05) is 36.4 Å². The first-order valence-electron chi connectivity index (χ1n) is 5.66. The van der Waals surface area contributed by atoms with E-state index < -0.39 is 7.42 Å². The average molecular weight is 285 g/mol. The van der Waals surface area contributed by atoms with Gasteiger partial charge >= 0.3 is 0 Å². The zero-order valence-corrected chi connectivity index (χ0v) is 12.1. The van der Waals surface area contributed by atoms with Gasteiger partial charge in [0.2, 0.25) is 7.42 Å². The molecule has 0 fully saturated rings. The molecule has 0 aliphatic carbocycles. The molecule has 0 amide bonds. The molecule has 17 heavy (non-hydrogen) atoms. The van der Waals surface area contributed by atoms with E-state index in [1.807, 2.05) is 24.3 Å². The molecular weight excluding hydrogens is 271 g/mol. The molecule has 2 aromatic rings. The topological polar surface area (TPSA) is 9.23 Å². The molecule has 0 aliphatic heterocycles. The van der Waals surface area contributed by atoms with Crippen molar-refractivity contribution in [2.75, 3.05) is 6.61 Å². The van der Waals surface area contributed by atoms with Crippen molar-refractivity contribution in [3.63, 3.8) is 0 Å². The van der Waals surface area contributed by atoms with Gasteiger partial charge in [-0.3, -0.25) is 0 Å². The highest BCUT2D eigenvalue weighted by Crippen LogP contribution is 2.25. The predicted molar refractivity (Wildman–Crippen MR) is 77.7 cm³/mol. The summed E-state index contributed by atoms with van der Waals surface area (Å²) >= 11 is 11.6. The zero-order chi connectivity index (χ0) is 12.1. The summed E-state index contributed by atoms with van der Waals surface area (Å²) in [7, 11) is -1.48. The molecule has 0 radical (unpaired) electrons. The summed E-state index contributed by atoms with van der Waals surface area (Å²) in [5, 5.41) is 2.35. The summed E-state index contributed by atoms with van der Waals surface area (Å²) in [6, 6.07) is 15.2. The second-order valence-electron chi connectivity index (χ2n) is 3.86. The summed E-state index contributed by atoms with van der Waals surface area (Å²) in [4.78, 5) is 0. The van der Waals surface area contributed by atoms with E-state index in [1.165, 1.54) is 5.39 Å². The standard InChI is InChI=1S/C13H14Cl2OSi/c14-17(15)10-4-9-16-13-8-3-6-11-5-1-2-7-12(11)13/h1-3,5-8,17H,4,9-10H2. The highest BCUT2D eigenvalue weighted by atomic mass is 35.7. The van der Waals surface area contributed by atoms with Gasteiger partial charge in [-0.25, -0.2) is 0 Å². The number of halogens is 2. The van der Waals surface area contributed by atoms with E-state index in [0.717, 1.165) is 23.6 Å².